The largest absolute Gasteiger partial charge is 0.474 e. The molecule has 1 fully saturated rings. The molecule has 0 radical (unpaired) electrons. The standard InChI is InChI=1S/C24H24ClF3N4O2S/c1-14-5-8-29-19(11-14)34-15-6-9-32(10-7-15)18(22-21(23(27)28)31-13-35-22)12-30-24(33)20-16(25)3-2-4-17(20)26/h2-5,8,11,13,15,18,23H,6-7,9-10,12H2,1H3,(H,30,33). The highest BCUT2D eigenvalue weighted by atomic mass is 35.5. The van der Waals surface area contributed by atoms with Crippen molar-refractivity contribution in [3.63, 3.8) is 0 Å². The summed E-state index contributed by atoms with van der Waals surface area (Å²) in [5.41, 5.74) is 1.84. The Morgan fingerprint density at radius 1 is 1.29 bits per heavy atom. The van der Waals surface area contributed by atoms with Crippen LogP contribution in [0, 0.1) is 12.7 Å². The van der Waals surface area contributed by atoms with Crippen molar-refractivity contribution in [1.82, 2.24) is 20.2 Å². The number of alkyl halides is 2. The second-order valence-corrected chi connectivity index (χ2v) is 9.54. The number of amides is 1. The molecule has 11 heteroatoms. The number of rotatable bonds is 8. The number of carbonyl (C=O) groups is 1. The molecule has 186 valence electrons. The predicted molar refractivity (Wildman–Crippen MR) is 128 cm³/mol. The summed E-state index contributed by atoms with van der Waals surface area (Å²) >= 11 is 7.12. The minimum Gasteiger partial charge on any atom is -0.474 e. The molecule has 35 heavy (non-hydrogen) atoms. The maximum absolute atomic E-state index is 14.2. The van der Waals surface area contributed by atoms with Crippen molar-refractivity contribution in [1.29, 1.82) is 0 Å². The first-order valence-electron chi connectivity index (χ1n) is 11.1. The van der Waals surface area contributed by atoms with Crippen LogP contribution in [0.5, 0.6) is 5.88 Å². The third kappa shape index (κ3) is 6.12. The van der Waals surface area contributed by atoms with Crippen LogP contribution in [-0.2, 0) is 0 Å². The number of nitrogens with one attached hydrogen (secondary N) is 1. The lowest BCUT2D eigenvalue weighted by Gasteiger charge is -2.37. The first kappa shape index (κ1) is 25.4. The average molecular weight is 525 g/mol. The molecule has 1 N–H and O–H groups in total. The molecular weight excluding hydrogens is 501 g/mol. The molecular formula is C24H24ClF3N4O2S. The van der Waals surface area contributed by atoms with Crippen LogP contribution < -0.4 is 10.1 Å². The molecule has 1 aliphatic rings. The summed E-state index contributed by atoms with van der Waals surface area (Å²) in [4.78, 5) is 23.2. The molecule has 0 saturated carbocycles. The minimum atomic E-state index is -2.75. The Bertz CT molecular complexity index is 1150. The van der Waals surface area contributed by atoms with Crippen molar-refractivity contribution in [2.45, 2.75) is 38.3 Å². The lowest BCUT2D eigenvalue weighted by Crippen LogP contribution is -2.44. The van der Waals surface area contributed by atoms with E-state index < -0.39 is 24.2 Å². The van der Waals surface area contributed by atoms with Crippen LogP contribution in [0.3, 0.4) is 0 Å². The molecule has 1 aliphatic heterocycles. The lowest BCUT2D eigenvalue weighted by atomic mass is 10.0. The lowest BCUT2D eigenvalue weighted by molar-refractivity contribution is 0.0681. The van der Waals surface area contributed by atoms with Crippen molar-refractivity contribution >= 4 is 28.8 Å². The van der Waals surface area contributed by atoms with Crippen LogP contribution in [0.2, 0.25) is 5.02 Å². The van der Waals surface area contributed by atoms with Gasteiger partial charge >= 0.3 is 0 Å². The number of aromatic nitrogens is 2. The van der Waals surface area contributed by atoms with E-state index >= 15 is 0 Å². The number of hydrogen-bond acceptors (Lipinski definition) is 6. The highest BCUT2D eigenvalue weighted by Gasteiger charge is 2.32. The summed E-state index contributed by atoms with van der Waals surface area (Å²) in [5.74, 6) is -0.901. The number of pyridine rings is 1. The maximum atomic E-state index is 14.2. The molecule has 6 nitrogen and oxygen atoms in total. The number of benzene rings is 1. The Labute approximate surface area is 210 Å². The fourth-order valence-electron chi connectivity index (χ4n) is 4.11. The Hall–Kier alpha value is -2.69. The normalized spacial score (nSPS) is 15.8. The summed E-state index contributed by atoms with van der Waals surface area (Å²) < 4.78 is 47.5. The highest BCUT2D eigenvalue weighted by molar-refractivity contribution is 7.09. The molecule has 3 heterocycles. The number of thiazole rings is 1. The zero-order valence-corrected chi connectivity index (χ0v) is 20.5. The molecule has 1 unspecified atom stereocenters. The topological polar surface area (TPSA) is 67.3 Å². The van der Waals surface area contributed by atoms with Crippen LogP contribution in [0.15, 0.2) is 42.0 Å². The van der Waals surface area contributed by atoms with E-state index in [1.54, 1.807) is 6.20 Å². The van der Waals surface area contributed by atoms with Crippen molar-refractivity contribution in [3.8, 4) is 5.88 Å². The Morgan fingerprint density at radius 2 is 2.06 bits per heavy atom. The second-order valence-electron chi connectivity index (χ2n) is 8.25. The summed E-state index contributed by atoms with van der Waals surface area (Å²) in [6.07, 6.45) is 0.188. The van der Waals surface area contributed by atoms with E-state index in [9.17, 15) is 18.0 Å². The van der Waals surface area contributed by atoms with Crippen molar-refractivity contribution in [2.75, 3.05) is 19.6 Å². The molecule has 2 aromatic heterocycles. The first-order valence-corrected chi connectivity index (χ1v) is 12.4. The van der Waals surface area contributed by atoms with E-state index in [2.05, 4.69) is 15.3 Å². The molecule has 0 bridgehead atoms. The van der Waals surface area contributed by atoms with Gasteiger partial charge in [0, 0.05) is 31.9 Å². The number of nitrogens with zero attached hydrogens (tertiary/aromatic N) is 3. The molecule has 1 aromatic carbocycles. The van der Waals surface area contributed by atoms with Crippen LogP contribution >= 0.6 is 22.9 Å². The third-order valence-corrected chi connectivity index (χ3v) is 7.14. The maximum Gasteiger partial charge on any atom is 0.281 e. The van der Waals surface area contributed by atoms with E-state index in [0.29, 0.717) is 36.7 Å². The Balaban J connectivity index is 1.47. The monoisotopic (exact) mass is 524 g/mol. The summed E-state index contributed by atoms with van der Waals surface area (Å²) in [6, 6.07) is 7.16. The fraction of sp³-hybridized carbons (Fsp3) is 0.375. The highest BCUT2D eigenvalue weighted by Crippen LogP contribution is 2.34. The summed E-state index contributed by atoms with van der Waals surface area (Å²) in [6.45, 7) is 3.06. The number of carbonyl (C=O) groups excluding carboxylic acids is 1. The van der Waals surface area contributed by atoms with Crippen molar-refractivity contribution in [3.05, 3.63) is 74.6 Å². The van der Waals surface area contributed by atoms with Crippen LogP contribution in [0.1, 0.15) is 51.8 Å². The van der Waals surface area contributed by atoms with Gasteiger partial charge in [-0.2, -0.15) is 0 Å². The zero-order chi connectivity index (χ0) is 24.9. The molecule has 1 amide bonds. The predicted octanol–water partition coefficient (Wildman–Crippen LogP) is 5.59. The number of halogens is 4. The van der Waals surface area contributed by atoms with Crippen LogP contribution in [0.25, 0.3) is 0 Å². The number of likely N-dealkylation sites (tertiary alicyclic amines) is 1. The number of aryl methyl sites for hydroxylation is 1. The third-order valence-electron chi connectivity index (χ3n) is 5.87. The van der Waals surface area contributed by atoms with Gasteiger partial charge in [0.05, 0.1) is 27.0 Å². The van der Waals surface area contributed by atoms with Gasteiger partial charge < -0.3 is 10.1 Å². The Kier molecular flexibility index (Phi) is 8.25. The van der Waals surface area contributed by atoms with Gasteiger partial charge in [-0.1, -0.05) is 17.7 Å². The van der Waals surface area contributed by atoms with Gasteiger partial charge in [0.25, 0.3) is 12.3 Å². The Morgan fingerprint density at radius 3 is 2.74 bits per heavy atom. The average Bonchev–Trinajstić information content (AvgIpc) is 3.30. The SMILES string of the molecule is Cc1ccnc(OC2CCN(C(CNC(=O)c3c(F)cccc3Cl)c3scnc3C(F)F)CC2)c1. The van der Waals surface area contributed by atoms with Gasteiger partial charge in [0.1, 0.15) is 17.6 Å². The quantitative estimate of drug-likeness (QED) is 0.416. The molecule has 0 aliphatic carbocycles. The van der Waals surface area contributed by atoms with Crippen molar-refractivity contribution in [2.24, 2.45) is 0 Å². The molecule has 3 aromatic rings. The van der Waals surface area contributed by atoms with Gasteiger partial charge in [-0.3, -0.25) is 9.69 Å². The van der Waals surface area contributed by atoms with E-state index in [0.717, 1.165) is 23.0 Å². The van der Waals surface area contributed by atoms with Gasteiger partial charge in [-0.15, -0.1) is 11.3 Å². The zero-order valence-electron chi connectivity index (χ0n) is 18.9. The fourth-order valence-corrected chi connectivity index (χ4v) is 5.29. The van der Waals surface area contributed by atoms with Gasteiger partial charge in [0.2, 0.25) is 5.88 Å². The summed E-state index contributed by atoms with van der Waals surface area (Å²) in [5, 5.41) is 2.66. The van der Waals surface area contributed by atoms with Gasteiger partial charge in [-0.05, 0) is 43.5 Å². The molecule has 1 atom stereocenters. The van der Waals surface area contributed by atoms with Crippen LogP contribution in [0.4, 0.5) is 13.2 Å². The molecule has 1 saturated heterocycles. The first-order chi connectivity index (χ1) is 16.8. The number of piperidine rings is 1. The van der Waals surface area contributed by atoms with Gasteiger partial charge in [0.15, 0.2) is 0 Å². The summed E-state index contributed by atoms with van der Waals surface area (Å²) in [7, 11) is 0. The van der Waals surface area contributed by atoms with E-state index in [1.807, 2.05) is 24.0 Å². The van der Waals surface area contributed by atoms with Crippen molar-refractivity contribution < 1.29 is 22.7 Å². The number of hydrogen-bond donors (Lipinski definition) is 1. The molecule has 4 rings (SSSR count). The van der Waals surface area contributed by atoms with E-state index in [1.165, 1.54) is 17.6 Å². The minimum absolute atomic E-state index is 0.00360. The smallest absolute Gasteiger partial charge is 0.281 e. The second kappa shape index (κ2) is 11.4. The van der Waals surface area contributed by atoms with E-state index in [4.69, 9.17) is 16.3 Å². The van der Waals surface area contributed by atoms with Gasteiger partial charge in [-0.25, -0.2) is 23.1 Å². The van der Waals surface area contributed by atoms with Crippen LogP contribution in [-0.4, -0.2) is 46.5 Å². The number of ether oxygens (including phenoxy) is 1. The van der Waals surface area contributed by atoms with E-state index in [-0.39, 0.29) is 28.9 Å². The molecule has 0 spiro atoms.